The first kappa shape index (κ1) is 8.15. The van der Waals surface area contributed by atoms with Crippen LogP contribution in [-0.2, 0) is 4.18 Å². The number of allylic oxidation sites excluding steroid dienone is 1. The van der Waals surface area contributed by atoms with Gasteiger partial charge in [-0.05, 0) is 44.5 Å². The van der Waals surface area contributed by atoms with E-state index in [0.717, 1.165) is 12.5 Å². The molecule has 1 aliphatic carbocycles. The van der Waals surface area contributed by atoms with Crippen LogP contribution in [0.5, 0.6) is 0 Å². The van der Waals surface area contributed by atoms with Crippen molar-refractivity contribution in [2.45, 2.75) is 25.7 Å². The third kappa shape index (κ3) is 2.35. The minimum Gasteiger partial charge on any atom is -0.318 e. The lowest BCUT2D eigenvalue weighted by Gasteiger charge is -2.21. The van der Waals surface area contributed by atoms with E-state index in [0.29, 0.717) is 0 Å². The van der Waals surface area contributed by atoms with E-state index in [9.17, 15) is 0 Å². The first-order valence-corrected chi connectivity index (χ1v) is 4.12. The molecule has 1 rings (SSSR count). The Balaban J connectivity index is 2.19. The molecular weight excluding hydrogens is 144 g/mol. The maximum atomic E-state index is 4.78. The van der Waals surface area contributed by atoms with Gasteiger partial charge in [-0.15, -0.1) is 0 Å². The molecule has 0 bridgehead atoms. The average Bonchev–Trinajstić information content (AvgIpc) is 1.95. The highest BCUT2D eigenvalue weighted by Crippen LogP contribution is 2.26. The summed E-state index contributed by atoms with van der Waals surface area (Å²) < 4.78 is 4.78. The lowest BCUT2D eigenvalue weighted by Crippen LogP contribution is -2.11. The number of hydrogen-bond acceptors (Lipinski definition) is 2. The Labute approximate surface area is 68.1 Å². The molecule has 0 atom stereocenters. The van der Waals surface area contributed by atoms with E-state index >= 15 is 0 Å². The molecule has 0 amide bonds. The lowest BCUT2D eigenvalue weighted by molar-refractivity contribution is 0.256. The molecular formula is C8H14OS. The smallest absolute Gasteiger partial charge is 0.0638 e. The second kappa shape index (κ2) is 4.04. The van der Waals surface area contributed by atoms with E-state index in [-0.39, 0.29) is 0 Å². The van der Waals surface area contributed by atoms with Gasteiger partial charge in [-0.25, -0.2) is 0 Å². The highest BCUT2D eigenvalue weighted by atomic mass is 32.1. The van der Waals surface area contributed by atoms with Gasteiger partial charge in [-0.3, -0.25) is 0 Å². The fraction of sp³-hybridized carbons (Fsp3) is 0.750. The van der Waals surface area contributed by atoms with E-state index in [1.165, 1.54) is 31.3 Å². The summed E-state index contributed by atoms with van der Waals surface area (Å²) in [5.41, 5.74) is 1.40. The van der Waals surface area contributed by atoms with Gasteiger partial charge in [-0.2, -0.15) is 0 Å². The van der Waals surface area contributed by atoms with E-state index in [4.69, 9.17) is 4.18 Å². The average molecular weight is 158 g/mol. The summed E-state index contributed by atoms with van der Waals surface area (Å²) in [7, 11) is 0. The van der Waals surface area contributed by atoms with Crippen LogP contribution in [-0.4, -0.2) is 6.61 Å². The van der Waals surface area contributed by atoms with Gasteiger partial charge in [0.05, 0.1) is 6.61 Å². The number of rotatable bonds is 2. The molecule has 1 fully saturated rings. The van der Waals surface area contributed by atoms with Gasteiger partial charge in [0.15, 0.2) is 0 Å². The van der Waals surface area contributed by atoms with Crippen molar-refractivity contribution in [3.63, 3.8) is 0 Å². The van der Waals surface area contributed by atoms with Crippen LogP contribution in [0.25, 0.3) is 0 Å². The molecule has 0 radical (unpaired) electrons. The van der Waals surface area contributed by atoms with Gasteiger partial charge in [0, 0.05) is 0 Å². The van der Waals surface area contributed by atoms with Crippen molar-refractivity contribution in [2.75, 3.05) is 6.61 Å². The molecule has 0 heterocycles. The Hall–Kier alpha value is 0.0500. The van der Waals surface area contributed by atoms with Gasteiger partial charge in [0.1, 0.15) is 0 Å². The molecule has 10 heavy (non-hydrogen) atoms. The van der Waals surface area contributed by atoms with Crippen LogP contribution < -0.4 is 0 Å². The van der Waals surface area contributed by atoms with Crippen LogP contribution in [0.1, 0.15) is 25.7 Å². The van der Waals surface area contributed by atoms with Gasteiger partial charge >= 0.3 is 0 Å². The SMILES string of the molecule is C=C1CCC(COS)CC1. The van der Waals surface area contributed by atoms with Gasteiger partial charge in [-0.1, -0.05) is 12.2 Å². The van der Waals surface area contributed by atoms with E-state index in [1.807, 2.05) is 0 Å². The third-order valence-electron chi connectivity index (χ3n) is 2.12. The molecule has 0 aromatic carbocycles. The summed E-state index contributed by atoms with van der Waals surface area (Å²) in [5.74, 6) is 0.725. The fourth-order valence-corrected chi connectivity index (χ4v) is 1.57. The molecule has 58 valence electrons. The standard InChI is InChI=1S/C8H14OS/c1-7-2-4-8(5-3-7)6-9-10/h8,10H,1-6H2. The first-order valence-electron chi connectivity index (χ1n) is 3.76. The second-order valence-corrected chi connectivity index (χ2v) is 3.25. The topological polar surface area (TPSA) is 9.23 Å². The number of hydrogen-bond donors (Lipinski definition) is 1. The molecule has 0 unspecified atom stereocenters. The molecule has 0 aromatic heterocycles. The summed E-state index contributed by atoms with van der Waals surface area (Å²) in [6, 6.07) is 0. The zero-order valence-electron chi connectivity index (χ0n) is 6.18. The molecule has 0 aromatic rings. The van der Waals surface area contributed by atoms with E-state index < -0.39 is 0 Å². The molecule has 1 nitrogen and oxygen atoms in total. The van der Waals surface area contributed by atoms with Crippen molar-refractivity contribution >= 4 is 12.9 Å². The third-order valence-corrected chi connectivity index (χ3v) is 2.27. The molecule has 0 spiro atoms. The van der Waals surface area contributed by atoms with Crippen molar-refractivity contribution in [3.05, 3.63) is 12.2 Å². The van der Waals surface area contributed by atoms with Crippen molar-refractivity contribution < 1.29 is 4.18 Å². The second-order valence-electron chi connectivity index (χ2n) is 2.99. The Morgan fingerprint density at radius 3 is 2.60 bits per heavy atom. The largest absolute Gasteiger partial charge is 0.318 e. The van der Waals surface area contributed by atoms with Crippen molar-refractivity contribution in [2.24, 2.45) is 5.92 Å². The monoisotopic (exact) mass is 158 g/mol. The predicted octanol–water partition coefficient (Wildman–Crippen LogP) is 2.59. The molecule has 0 aliphatic heterocycles. The minimum atomic E-state index is 0.725. The summed E-state index contributed by atoms with van der Waals surface area (Å²) in [4.78, 5) is 0. The van der Waals surface area contributed by atoms with Gasteiger partial charge in [0.2, 0.25) is 0 Å². The van der Waals surface area contributed by atoms with Gasteiger partial charge in [0.25, 0.3) is 0 Å². The molecule has 0 N–H and O–H groups in total. The predicted molar refractivity (Wildman–Crippen MR) is 46.0 cm³/mol. The highest BCUT2D eigenvalue weighted by Gasteiger charge is 2.14. The Morgan fingerprint density at radius 1 is 1.50 bits per heavy atom. The van der Waals surface area contributed by atoms with Crippen LogP contribution in [0.4, 0.5) is 0 Å². The quantitative estimate of drug-likeness (QED) is 0.369. The van der Waals surface area contributed by atoms with Crippen molar-refractivity contribution in [3.8, 4) is 0 Å². The Morgan fingerprint density at radius 2 is 2.10 bits per heavy atom. The van der Waals surface area contributed by atoms with Crippen LogP contribution in [0.3, 0.4) is 0 Å². The molecule has 0 saturated heterocycles. The molecule has 2 heteroatoms. The van der Waals surface area contributed by atoms with Crippen LogP contribution in [0.15, 0.2) is 12.2 Å². The van der Waals surface area contributed by atoms with E-state index in [1.54, 1.807) is 0 Å². The van der Waals surface area contributed by atoms with Gasteiger partial charge < -0.3 is 4.18 Å². The van der Waals surface area contributed by atoms with Crippen LogP contribution in [0, 0.1) is 5.92 Å². The molecule has 1 saturated carbocycles. The maximum absolute atomic E-state index is 4.78. The molecule has 1 aliphatic rings. The zero-order chi connectivity index (χ0) is 7.40. The fourth-order valence-electron chi connectivity index (χ4n) is 1.36. The highest BCUT2D eigenvalue weighted by molar-refractivity contribution is 7.75. The maximum Gasteiger partial charge on any atom is 0.0638 e. The summed E-state index contributed by atoms with van der Waals surface area (Å²) in [6.07, 6.45) is 4.84. The summed E-state index contributed by atoms with van der Waals surface area (Å²) in [6.45, 7) is 4.75. The summed E-state index contributed by atoms with van der Waals surface area (Å²) >= 11 is 3.73. The summed E-state index contributed by atoms with van der Waals surface area (Å²) in [5, 5.41) is 0. The first-order chi connectivity index (χ1) is 4.83. The van der Waals surface area contributed by atoms with Crippen molar-refractivity contribution in [1.82, 2.24) is 0 Å². The van der Waals surface area contributed by atoms with Crippen LogP contribution in [0.2, 0.25) is 0 Å². The lowest BCUT2D eigenvalue weighted by atomic mass is 9.87. The number of thiol groups is 1. The Bertz CT molecular complexity index is 112. The zero-order valence-corrected chi connectivity index (χ0v) is 7.07. The van der Waals surface area contributed by atoms with E-state index in [2.05, 4.69) is 19.5 Å². The van der Waals surface area contributed by atoms with Crippen LogP contribution >= 0.6 is 12.9 Å². The minimum absolute atomic E-state index is 0.725. The normalized spacial score (nSPS) is 21.5. The Kier molecular flexibility index (Phi) is 3.29. The van der Waals surface area contributed by atoms with Crippen molar-refractivity contribution in [1.29, 1.82) is 0 Å².